The maximum atomic E-state index is 12.4. The summed E-state index contributed by atoms with van der Waals surface area (Å²) in [6, 6.07) is 6.94. The Balaban J connectivity index is 1.74. The number of carbonyl (C=O) groups is 2. The van der Waals surface area contributed by atoms with Crippen molar-refractivity contribution >= 4 is 23.5 Å². The van der Waals surface area contributed by atoms with Crippen LogP contribution in [0.15, 0.2) is 24.3 Å². The Morgan fingerprint density at radius 3 is 2.71 bits per heavy atom. The van der Waals surface area contributed by atoms with Crippen molar-refractivity contribution in [2.24, 2.45) is 0 Å². The van der Waals surface area contributed by atoms with Gasteiger partial charge in [0.1, 0.15) is 12.1 Å². The van der Waals surface area contributed by atoms with Crippen LogP contribution < -0.4 is 0 Å². The number of amides is 1. The van der Waals surface area contributed by atoms with Crippen molar-refractivity contribution in [3.8, 4) is 11.4 Å². The lowest BCUT2D eigenvalue weighted by Gasteiger charge is -2.30. The summed E-state index contributed by atoms with van der Waals surface area (Å²) in [4.78, 5) is 26.4. The Kier molecular flexibility index (Phi) is 4.23. The molecule has 1 saturated heterocycles. The van der Waals surface area contributed by atoms with Gasteiger partial charge >= 0.3 is 5.97 Å². The normalized spacial score (nSPS) is 20.3. The van der Waals surface area contributed by atoms with Gasteiger partial charge in [0, 0.05) is 17.1 Å². The van der Waals surface area contributed by atoms with Crippen LogP contribution in [0.1, 0.15) is 19.8 Å². The highest BCUT2D eigenvalue weighted by atomic mass is 35.5. The maximum Gasteiger partial charge on any atom is 0.329 e. The Morgan fingerprint density at radius 2 is 2.04 bits per heavy atom. The monoisotopic (exact) mass is 349 g/mol. The molecule has 0 radical (unpaired) electrons. The molecule has 3 rings (SSSR count). The zero-order valence-electron chi connectivity index (χ0n) is 13.0. The smallest absolute Gasteiger partial charge is 0.329 e. The quantitative estimate of drug-likeness (QED) is 0.896. The number of hydrogen-bond acceptors (Lipinski definition) is 5. The minimum absolute atomic E-state index is 0.149. The number of carboxylic acid groups (broad SMARTS) is 1. The standard InChI is InChI=1S/C15H16ClN5O3/c1-15(14(23)24)7-2-8-20(15)12(22)9-21-18-13(17-19-21)10-3-5-11(16)6-4-10/h3-6H,2,7-9H2,1H3,(H,23,24). The van der Waals surface area contributed by atoms with E-state index >= 15 is 0 Å². The van der Waals surface area contributed by atoms with E-state index in [-0.39, 0.29) is 12.5 Å². The van der Waals surface area contributed by atoms with Gasteiger partial charge in [0.2, 0.25) is 11.7 Å². The molecule has 24 heavy (non-hydrogen) atoms. The Labute approximate surface area is 143 Å². The second-order valence-corrected chi connectivity index (χ2v) is 6.31. The van der Waals surface area contributed by atoms with Gasteiger partial charge in [-0.05, 0) is 49.2 Å². The van der Waals surface area contributed by atoms with Crippen LogP contribution in [0.2, 0.25) is 5.02 Å². The van der Waals surface area contributed by atoms with E-state index in [4.69, 9.17) is 11.6 Å². The van der Waals surface area contributed by atoms with Crippen molar-refractivity contribution in [2.75, 3.05) is 6.54 Å². The van der Waals surface area contributed by atoms with Crippen LogP contribution in [-0.4, -0.2) is 54.2 Å². The third-order valence-electron chi connectivity index (χ3n) is 4.23. The molecule has 0 aliphatic carbocycles. The Hall–Kier alpha value is -2.48. The first-order valence-electron chi connectivity index (χ1n) is 7.48. The molecular formula is C15H16ClN5O3. The van der Waals surface area contributed by atoms with Gasteiger partial charge in [-0.2, -0.15) is 4.80 Å². The highest BCUT2D eigenvalue weighted by Crippen LogP contribution is 2.29. The van der Waals surface area contributed by atoms with Gasteiger partial charge in [0.25, 0.3) is 0 Å². The average Bonchev–Trinajstić information content (AvgIpc) is 3.15. The van der Waals surface area contributed by atoms with E-state index in [1.165, 1.54) is 9.70 Å². The molecule has 2 aromatic rings. The van der Waals surface area contributed by atoms with E-state index in [1.54, 1.807) is 31.2 Å². The van der Waals surface area contributed by atoms with Crippen molar-refractivity contribution in [1.82, 2.24) is 25.1 Å². The lowest BCUT2D eigenvalue weighted by Crippen LogP contribution is -2.51. The molecule has 1 aliphatic rings. The number of carbonyl (C=O) groups excluding carboxylic acids is 1. The fraction of sp³-hybridized carbons (Fsp3) is 0.400. The van der Waals surface area contributed by atoms with E-state index in [0.717, 1.165) is 5.56 Å². The molecule has 9 heteroatoms. The molecule has 1 N–H and O–H groups in total. The zero-order chi connectivity index (χ0) is 17.3. The second kappa shape index (κ2) is 6.20. The predicted molar refractivity (Wildman–Crippen MR) is 85.3 cm³/mol. The van der Waals surface area contributed by atoms with Crippen LogP contribution >= 0.6 is 11.6 Å². The van der Waals surface area contributed by atoms with Gasteiger partial charge < -0.3 is 10.0 Å². The molecule has 0 saturated carbocycles. The first-order valence-corrected chi connectivity index (χ1v) is 7.85. The number of likely N-dealkylation sites (tertiary alicyclic amines) is 1. The molecule has 2 heterocycles. The molecule has 1 unspecified atom stereocenters. The van der Waals surface area contributed by atoms with Gasteiger partial charge in [0.05, 0.1) is 0 Å². The van der Waals surface area contributed by atoms with Crippen LogP contribution in [0.3, 0.4) is 0 Å². The average molecular weight is 350 g/mol. The summed E-state index contributed by atoms with van der Waals surface area (Å²) < 4.78 is 0. The molecule has 1 amide bonds. The van der Waals surface area contributed by atoms with Crippen LogP contribution in [0.25, 0.3) is 11.4 Å². The molecule has 0 bridgehead atoms. The number of hydrogen-bond donors (Lipinski definition) is 1. The van der Waals surface area contributed by atoms with Gasteiger partial charge in [-0.1, -0.05) is 11.6 Å². The van der Waals surface area contributed by atoms with Crippen LogP contribution in [0.5, 0.6) is 0 Å². The summed E-state index contributed by atoms with van der Waals surface area (Å²) in [5.41, 5.74) is -0.439. The van der Waals surface area contributed by atoms with E-state index in [1.807, 2.05) is 0 Å². The fourth-order valence-corrected chi connectivity index (χ4v) is 2.94. The number of nitrogens with zero attached hydrogens (tertiary/aromatic N) is 5. The number of halogens is 1. The summed E-state index contributed by atoms with van der Waals surface area (Å²) in [6.45, 7) is 1.83. The van der Waals surface area contributed by atoms with E-state index in [2.05, 4.69) is 15.4 Å². The molecular weight excluding hydrogens is 334 g/mol. The van der Waals surface area contributed by atoms with Crippen molar-refractivity contribution < 1.29 is 14.7 Å². The van der Waals surface area contributed by atoms with Crippen LogP contribution in [0.4, 0.5) is 0 Å². The first kappa shape index (κ1) is 16.4. The number of carboxylic acids is 1. The highest BCUT2D eigenvalue weighted by Gasteiger charge is 2.45. The number of aliphatic carboxylic acids is 1. The van der Waals surface area contributed by atoms with Crippen molar-refractivity contribution in [3.05, 3.63) is 29.3 Å². The third-order valence-corrected chi connectivity index (χ3v) is 4.49. The summed E-state index contributed by atoms with van der Waals surface area (Å²) >= 11 is 5.84. The van der Waals surface area contributed by atoms with Crippen molar-refractivity contribution in [2.45, 2.75) is 31.8 Å². The first-order chi connectivity index (χ1) is 11.4. The number of benzene rings is 1. The predicted octanol–water partition coefficient (Wildman–Crippen LogP) is 1.46. The van der Waals surface area contributed by atoms with E-state index in [9.17, 15) is 14.7 Å². The number of rotatable bonds is 4. The Bertz CT molecular complexity index is 776. The molecule has 1 aliphatic heterocycles. The Morgan fingerprint density at radius 1 is 1.33 bits per heavy atom. The largest absolute Gasteiger partial charge is 0.480 e. The lowest BCUT2D eigenvalue weighted by atomic mass is 9.99. The van der Waals surface area contributed by atoms with Crippen LogP contribution in [0, 0.1) is 0 Å². The van der Waals surface area contributed by atoms with E-state index in [0.29, 0.717) is 30.2 Å². The molecule has 126 valence electrons. The summed E-state index contributed by atoms with van der Waals surface area (Å²) in [6.07, 6.45) is 1.10. The zero-order valence-corrected chi connectivity index (χ0v) is 13.8. The highest BCUT2D eigenvalue weighted by molar-refractivity contribution is 6.30. The lowest BCUT2D eigenvalue weighted by molar-refractivity contribution is -0.155. The van der Waals surface area contributed by atoms with Crippen molar-refractivity contribution in [1.29, 1.82) is 0 Å². The van der Waals surface area contributed by atoms with Gasteiger partial charge in [-0.25, -0.2) is 4.79 Å². The molecule has 1 aromatic carbocycles. The second-order valence-electron chi connectivity index (χ2n) is 5.88. The van der Waals surface area contributed by atoms with E-state index < -0.39 is 11.5 Å². The van der Waals surface area contributed by atoms with Gasteiger partial charge in [-0.15, -0.1) is 10.2 Å². The molecule has 1 fully saturated rings. The molecule has 1 aromatic heterocycles. The minimum atomic E-state index is -1.17. The van der Waals surface area contributed by atoms with Gasteiger partial charge in [0.15, 0.2) is 0 Å². The molecule has 8 nitrogen and oxygen atoms in total. The van der Waals surface area contributed by atoms with Crippen LogP contribution in [-0.2, 0) is 16.1 Å². The number of tetrazole rings is 1. The summed E-state index contributed by atoms with van der Waals surface area (Å²) in [7, 11) is 0. The van der Waals surface area contributed by atoms with Crippen molar-refractivity contribution in [3.63, 3.8) is 0 Å². The molecule has 0 spiro atoms. The van der Waals surface area contributed by atoms with Gasteiger partial charge in [-0.3, -0.25) is 4.79 Å². The SMILES string of the molecule is CC1(C(=O)O)CCCN1C(=O)Cn1nnc(-c2ccc(Cl)cc2)n1. The third kappa shape index (κ3) is 2.96. The summed E-state index contributed by atoms with van der Waals surface area (Å²) in [5.74, 6) is -0.957. The number of aromatic nitrogens is 4. The summed E-state index contributed by atoms with van der Waals surface area (Å²) in [5, 5.41) is 21.9. The fourth-order valence-electron chi connectivity index (χ4n) is 2.82. The maximum absolute atomic E-state index is 12.4. The minimum Gasteiger partial charge on any atom is -0.480 e. The molecule has 1 atom stereocenters. The topological polar surface area (TPSA) is 101 Å².